The van der Waals surface area contributed by atoms with Crippen molar-refractivity contribution in [2.45, 2.75) is 26.5 Å². The highest BCUT2D eigenvalue weighted by Crippen LogP contribution is 2.25. The van der Waals surface area contributed by atoms with Crippen LogP contribution in [0.1, 0.15) is 32.6 Å². The van der Waals surface area contributed by atoms with Crippen LogP contribution in [0.2, 0.25) is 5.28 Å². The first-order valence-corrected chi connectivity index (χ1v) is 7.82. The van der Waals surface area contributed by atoms with E-state index in [1.807, 2.05) is 19.1 Å². The van der Waals surface area contributed by atoms with Gasteiger partial charge in [0, 0.05) is 30.1 Å². The van der Waals surface area contributed by atoms with Crippen LogP contribution in [0.5, 0.6) is 0 Å². The van der Waals surface area contributed by atoms with E-state index in [0.29, 0.717) is 18.7 Å². The molecule has 1 aliphatic rings. The maximum atomic E-state index is 11.5. The molecule has 2 heterocycles. The van der Waals surface area contributed by atoms with E-state index in [2.05, 4.69) is 28.1 Å². The second-order valence-electron chi connectivity index (χ2n) is 5.24. The Kier molecular flexibility index (Phi) is 6.30. The number of halogens is 1. The Morgan fingerprint density at radius 3 is 2.71 bits per heavy atom. The van der Waals surface area contributed by atoms with Crippen LogP contribution in [0.15, 0.2) is 24.5 Å². The molecule has 5 nitrogen and oxygen atoms in total. The number of cyclic esters (lactones) is 1. The van der Waals surface area contributed by atoms with E-state index < -0.39 is 0 Å². The Morgan fingerprint density at radius 2 is 2.00 bits per heavy atom. The molecule has 124 valence electrons. The summed E-state index contributed by atoms with van der Waals surface area (Å²) in [4.78, 5) is 19.4. The molecule has 1 aromatic carbocycles. The van der Waals surface area contributed by atoms with Crippen LogP contribution in [-0.2, 0) is 24.3 Å². The minimum Gasteiger partial charge on any atom is -0.457 e. The number of esters is 1. The van der Waals surface area contributed by atoms with Crippen LogP contribution in [0, 0.1) is 19.8 Å². The van der Waals surface area contributed by atoms with Gasteiger partial charge in [0.05, 0.1) is 5.56 Å². The lowest BCUT2D eigenvalue weighted by Crippen LogP contribution is -2.17. The van der Waals surface area contributed by atoms with Crippen molar-refractivity contribution in [3.8, 4) is 12.8 Å². The number of aromatic nitrogens is 2. The number of hydrogen-bond acceptors (Lipinski definition) is 5. The van der Waals surface area contributed by atoms with E-state index in [9.17, 15) is 4.79 Å². The topological polar surface area (TPSA) is 64.1 Å². The predicted molar refractivity (Wildman–Crippen MR) is 92.6 cm³/mol. The zero-order valence-corrected chi connectivity index (χ0v) is 14.1. The van der Waals surface area contributed by atoms with Gasteiger partial charge < -0.3 is 10.1 Å². The molecule has 0 radical (unpaired) electrons. The summed E-state index contributed by atoms with van der Waals surface area (Å²) >= 11 is 5.65. The number of hydrogen-bond donors (Lipinski definition) is 1. The summed E-state index contributed by atoms with van der Waals surface area (Å²) in [6.45, 7) is 3.96. The molecule has 0 spiro atoms. The Bertz CT molecular complexity index is 742. The highest BCUT2D eigenvalue weighted by atomic mass is 35.5. The lowest BCUT2D eigenvalue weighted by Gasteiger charge is -2.10. The molecule has 6 heteroatoms. The number of benzene rings is 1. The number of nitrogens with one attached hydrogen (secondary N) is 1. The van der Waals surface area contributed by atoms with Gasteiger partial charge in [-0.05, 0) is 48.7 Å². The quantitative estimate of drug-likeness (QED) is 0.391. The maximum Gasteiger partial charge on any atom is 0.338 e. The van der Waals surface area contributed by atoms with Crippen molar-refractivity contribution in [3.05, 3.63) is 57.6 Å². The summed E-state index contributed by atoms with van der Waals surface area (Å²) in [5.74, 6) is -0.217. The van der Waals surface area contributed by atoms with Gasteiger partial charge >= 0.3 is 5.97 Å². The highest BCUT2D eigenvalue weighted by Gasteiger charge is 2.23. The predicted octanol–water partition coefficient (Wildman–Crippen LogP) is 2.69. The van der Waals surface area contributed by atoms with E-state index in [4.69, 9.17) is 16.3 Å². The Hall–Kier alpha value is -2.42. The largest absolute Gasteiger partial charge is 0.457 e. The van der Waals surface area contributed by atoms with Crippen molar-refractivity contribution in [3.63, 3.8) is 0 Å². The standard InChI is InChI=1S/C16H16ClN3O2.C2H2/c1-10-12(2-3-13-14(10)9-22-15(13)21)4-5-18-6-11-7-19-16(17)20-8-11;1-2/h2-3,7-8,18H,4-6,9H2,1H3;1-2H. The first kappa shape index (κ1) is 17.9. The summed E-state index contributed by atoms with van der Waals surface area (Å²) in [6.07, 6.45) is 12.3. The molecule has 0 fully saturated rings. The van der Waals surface area contributed by atoms with Crippen LogP contribution < -0.4 is 5.32 Å². The SMILES string of the molecule is C#C.Cc1c(CCNCc2cnc(Cl)nc2)ccc2c1COC2=O. The van der Waals surface area contributed by atoms with E-state index in [0.717, 1.165) is 29.7 Å². The molecule has 1 N–H and O–H groups in total. The molecule has 0 aliphatic carbocycles. The van der Waals surface area contributed by atoms with Crippen LogP contribution in [0.25, 0.3) is 0 Å². The second-order valence-corrected chi connectivity index (χ2v) is 5.58. The highest BCUT2D eigenvalue weighted by molar-refractivity contribution is 6.28. The van der Waals surface area contributed by atoms with Crippen molar-refractivity contribution in [2.75, 3.05) is 6.54 Å². The molecule has 0 atom stereocenters. The minimum atomic E-state index is -0.217. The van der Waals surface area contributed by atoms with Crippen molar-refractivity contribution in [2.24, 2.45) is 0 Å². The summed E-state index contributed by atoms with van der Waals surface area (Å²) < 4.78 is 5.07. The van der Waals surface area contributed by atoms with Gasteiger partial charge in [0.2, 0.25) is 5.28 Å². The Balaban J connectivity index is 0.00000100. The van der Waals surface area contributed by atoms with Crippen molar-refractivity contribution in [1.29, 1.82) is 0 Å². The minimum absolute atomic E-state index is 0.217. The number of ether oxygens (including phenoxy) is 1. The molecule has 0 saturated heterocycles. The zero-order valence-electron chi connectivity index (χ0n) is 13.4. The van der Waals surface area contributed by atoms with E-state index >= 15 is 0 Å². The van der Waals surface area contributed by atoms with Gasteiger partial charge in [-0.1, -0.05) is 6.07 Å². The fourth-order valence-electron chi connectivity index (χ4n) is 2.55. The summed E-state index contributed by atoms with van der Waals surface area (Å²) in [5.41, 5.74) is 5.10. The number of carbonyl (C=O) groups excluding carboxylic acids is 1. The van der Waals surface area contributed by atoms with Crippen molar-refractivity contribution in [1.82, 2.24) is 15.3 Å². The fourth-order valence-corrected chi connectivity index (χ4v) is 2.65. The molecule has 1 aromatic heterocycles. The zero-order chi connectivity index (χ0) is 17.5. The lowest BCUT2D eigenvalue weighted by atomic mass is 9.97. The normalized spacial score (nSPS) is 12.1. The first-order chi connectivity index (χ1) is 11.6. The number of terminal acetylenes is 1. The maximum absolute atomic E-state index is 11.5. The molecular formula is C18H18ClN3O2. The van der Waals surface area contributed by atoms with Crippen LogP contribution in [0.4, 0.5) is 0 Å². The number of carbonyl (C=O) groups is 1. The molecule has 1 aliphatic heterocycles. The number of nitrogens with zero attached hydrogens (tertiary/aromatic N) is 2. The van der Waals surface area contributed by atoms with Crippen LogP contribution >= 0.6 is 11.6 Å². The van der Waals surface area contributed by atoms with Gasteiger partial charge in [-0.2, -0.15) is 0 Å². The summed E-state index contributed by atoms with van der Waals surface area (Å²) in [7, 11) is 0. The van der Waals surface area contributed by atoms with Gasteiger partial charge in [0.25, 0.3) is 0 Å². The monoisotopic (exact) mass is 343 g/mol. The molecular weight excluding hydrogens is 326 g/mol. The van der Waals surface area contributed by atoms with Crippen LogP contribution in [0.3, 0.4) is 0 Å². The summed E-state index contributed by atoms with van der Waals surface area (Å²) in [5, 5.41) is 3.61. The average Bonchev–Trinajstić information content (AvgIpc) is 2.99. The van der Waals surface area contributed by atoms with Gasteiger partial charge in [-0.15, -0.1) is 12.8 Å². The third kappa shape index (κ3) is 4.10. The number of fused-ring (bicyclic) bond motifs is 1. The smallest absolute Gasteiger partial charge is 0.338 e. The fraction of sp³-hybridized carbons (Fsp3) is 0.278. The molecule has 2 aromatic rings. The Labute approximate surface area is 146 Å². The third-order valence-electron chi connectivity index (χ3n) is 3.85. The van der Waals surface area contributed by atoms with Crippen LogP contribution in [-0.4, -0.2) is 22.5 Å². The van der Waals surface area contributed by atoms with Gasteiger partial charge in [0.1, 0.15) is 6.61 Å². The van der Waals surface area contributed by atoms with Gasteiger partial charge in [-0.3, -0.25) is 0 Å². The van der Waals surface area contributed by atoms with E-state index in [1.165, 1.54) is 5.56 Å². The molecule has 0 saturated carbocycles. The van der Waals surface area contributed by atoms with Gasteiger partial charge in [0.15, 0.2) is 0 Å². The Morgan fingerprint density at radius 1 is 1.29 bits per heavy atom. The molecule has 0 bridgehead atoms. The molecule has 0 amide bonds. The summed E-state index contributed by atoms with van der Waals surface area (Å²) in [6, 6.07) is 3.87. The second kappa shape index (κ2) is 8.44. The van der Waals surface area contributed by atoms with E-state index in [-0.39, 0.29) is 11.3 Å². The van der Waals surface area contributed by atoms with Crippen molar-refractivity contribution >= 4 is 17.6 Å². The molecule has 0 unspecified atom stereocenters. The van der Waals surface area contributed by atoms with E-state index in [1.54, 1.807) is 12.4 Å². The number of rotatable bonds is 5. The lowest BCUT2D eigenvalue weighted by molar-refractivity contribution is 0.0535. The third-order valence-corrected chi connectivity index (χ3v) is 4.05. The average molecular weight is 344 g/mol. The van der Waals surface area contributed by atoms with Gasteiger partial charge in [-0.25, -0.2) is 14.8 Å². The molecule has 3 rings (SSSR count). The van der Waals surface area contributed by atoms with Crippen molar-refractivity contribution < 1.29 is 9.53 Å². The molecule has 24 heavy (non-hydrogen) atoms. The first-order valence-electron chi connectivity index (χ1n) is 7.44.